The number of nitro groups is 1. The van der Waals surface area contributed by atoms with Gasteiger partial charge in [-0.1, -0.05) is 6.92 Å². The van der Waals surface area contributed by atoms with Gasteiger partial charge >= 0.3 is 6.61 Å². The highest BCUT2D eigenvalue weighted by molar-refractivity contribution is 5.54. The number of alkyl halides is 2. The zero-order valence-electron chi connectivity index (χ0n) is 13.6. The summed E-state index contributed by atoms with van der Waals surface area (Å²) < 4.78 is 34.2. The average molecular weight is 345 g/mol. The Balaban J connectivity index is 2.30. The Morgan fingerprint density at radius 3 is 2.67 bits per heavy atom. The third-order valence-corrected chi connectivity index (χ3v) is 4.30. The van der Waals surface area contributed by atoms with Gasteiger partial charge in [0.25, 0.3) is 5.69 Å². The molecule has 0 aromatic heterocycles. The third kappa shape index (κ3) is 4.09. The molecule has 1 aromatic rings. The molecule has 1 fully saturated rings. The fourth-order valence-electron chi connectivity index (χ4n) is 2.90. The van der Waals surface area contributed by atoms with Gasteiger partial charge in [0.15, 0.2) is 11.5 Å². The van der Waals surface area contributed by atoms with Crippen LogP contribution < -0.4 is 15.2 Å². The molecule has 134 valence electrons. The average Bonchev–Trinajstić information content (AvgIpc) is 2.89. The minimum atomic E-state index is -3.09. The molecule has 24 heavy (non-hydrogen) atoms. The Bertz CT molecular complexity index is 615. The second-order valence-corrected chi connectivity index (χ2v) is 6.24. The van der Waals surface area contributed by atoms with Gasteiger partial charge in [-0.3, -0.25) is 15.0 Å². The summed E-state index contributed by atoms with van der Waals surface area (Å²) in [6.45, 7) is 1.32. The predicted molar refractivity (Wildman–Crippen MR) is 83.3 cm³/mol. The Morgan fingerprint density at radius 2 is 2.17 bits per heavy atom. The van der Waals surface area contributed by atoms with Crippen molar-refractivity contribution < 1.29 is 23.2 Å². The van der Waals surface area contributed by atoms with Crippen molar-refractivity contribution in [2.45, 2.75) is 26.5 Å². The molecule has 1 saturated heterocycles. The van der Waals surface area contributed by atoms with Crippen LogP contribution in [0.25, 0.3) is 0 Å². The van der Waals surface area contributed by atoms with Gasteiger partial charge < -0.3 is 15.2 Å². The van der Waals surface area contributed by atoms with Crippen LogP contribution in [0.3, 0.4) is 0 Å². The molecular weight excluding hydrogens is 324 g/mol. The van der Waals surface area contributed by atoms with Crippen LogP contribution in [-0.4, -0.2) is 43.2 Å². The van der Waals surface area contributed by atoms with E-state index in [1.54, 1.807) is 0 Å². The Labute approximate surface area is 138 Å². The number of nitro benzene ring substituents is 1. The molecular formula is C15H21F2N3O4. The maximum atomic E-state index is 12.5. The normalized spacial score (nSPS) is 21.2. The van der Waals surface area contributed by atoms with Gasteiger partial charge in [0.1, 0.15) is 0 Å². The highest BCUT2D eigenvalue weighted by Crippen LogP contribution is 2.37. The summed E-state index contributed by atoms with van der Waals surface area (Å²) in [4.78, 5) is 12.8. The molecule has 1 aliphatic heterocycles. The van der Waals surface area contributed by atoms with E-state index in [1.165, 1.54) is 13.2 Å². The first-order chi connectivity index (χ1) is 11.3. The van der Waals surface area contributed by atoms with Crippen molar-refractivity contribution in [1.82, 2.24) is 4.90 Å². The van der Waals surface area contributed by atoms with E-state index in [1.807, 2.05) is 0 Å². The predicted octanol–water partition coefficient (Wildman–Crippen LogP) is 2.38. The number of methoxy groups -OCH3 is 1. The van der Waals surface area contributed by atoms with E-state index in [2.05, 4.69) is 16.6 Å². The van der Waals surface area contributed by atoms with E-state index in [9.17, 15) is 18.9 Å². The summed E-state index contributed by atoms with van der Waals surface area (Å²) >= 11 is 0. The van der Waals surface area contributed by atoms with Gasteiger partial charge in [0.2, 0.25) is 0 Å². The summed E-state index contributed by atoms with van der Waals surface area (Å²) in [6, 6.07) is 2.37. The minimum absolute atomic E-state index is 0.0163. The number of ether oxygens (including phenoxy) is 2. The van der Waals surface area contributed by atoms with Crippen molar-refractivity contribution in [2.24, 2.45) is 11.1 Å². The Hall–Kier alpha value is -2.00. The van der Waals surface area contributed by atoms with Crippen LogP contribution in [0.2, 0.25) is 0 Å². The lowest BCUT2D eigenvalue weighted by Gasteiger charge is -2.22. The van der Waals surface area contributed by atoms with Crippen molar-refractivity contribution in [3.05, 3.63) is 27.8 Å². The molecule has 0 bridgehead atoms. The number of benzene rings is 1. The van der Waals surface area contributed by atoms with Crippen molar-refractivity contribution in [3.8, 4) is 11.5 Å². The Morgan fingerprint density at radius 1 is 1.46 bits per heavy atom. The zero-order chi connectivity index (χ0) is 17.9. The first-order valence-corrected chi connectivity index (χ1v) is 7.50. The number of nitrogens with two attached hydrogens (primary N) is 1. The molecule has 9 heteroatoms. The molecule has 0 radical (unpaired) electrons. The van der Waals surface area contributed by atoms with E-state index in [0.717, 1.165) is 25.6 Å². The quantitative estimate of drug-likeness (QED) is 0.603. The summed E-state index contributed by atoms with van der Waals surface area (Å²) in [6.07, 6.45) is 0.904. The maximum Gasteiger partial charge on any atom is 0.387 e. The molecule has 0 aliphatic carbocycles. The third-order valence-electron chi connectivity index (χ3n) is 4.30. The summed E-state index contributed by atoms with van der Waals surface area (Å²) in [5.74, 6) is -0.312. The zero-order valence-corrected chi connectivity index (χ0v) is 13.6. The molecule has 2 rings (SSSR count). The first-order valence-electron chi connectivity index (χ1n) is 7.50. The molecule has 1 aliphatic rings. The molecule has 1 unspecified atom stereocenters. The van der Waals surface area contributed by atoms with E-state index in [0.29, 0.717) is 18.7 Å². The van der Waals surface area contributed by atoms with Gasteiger partial charge in [-0.05, 0) is 31.0 Å². The van der Waals surface area contributed by atoms with E-state index in [4.69, 9.17) is 10.5 Å². The number of rotatable bonds is 7. The molecule has 0 saturated carbocycles. The number of likely N-dealkylation sites (tertiary alicyclic amines) is 1. The second kappa shape index (κ2) is 7.27. The molecule has 0 amide bonds. The lowest BCUT2D eigenvalue weighted by molar-refractivity contribution is -0.385. The fraction of sp³-hybridized carbons (Fsp3) is 0.600. The van der Waals surface area contributed by atoms with Crippen LogP contribution in [0.5, 0.6) is 11.5 Å². The van der Waals surface area contributed by atoms with Gasteiger partial charge in [0, 0.05) is 18.7 Å². The lowest BCUT2D eigenvalue weighted by atomic mass is 9.90. The number of nitrogens with zero attached hydrogens (tertiary/aromatic N) is 2. The second-order valence-electron chi connectivity index (χ2n) is 6.24. The minimum Gasteiger partial charge on any atom is -0.493 e. The molecule has 7 nitrogen and oxygen atoms in total. The van der Waals surface area contributed by atoms with Gasteiger partial charge in [0.05, 0.1) is 18.1 Å². The van der Waals surface area contributed by atoms with Crippen molar-refractivity contribution in [2.75, 3.05) is 26.7 Å². The van der Waals surface area contributed by atoms with Crippen LogP contribution in [0.15, 0.2) is 12.1 Å². The molecule has 1 heterocycles. The number of hydrogen-bond acceptors (Lipinski definition) is 6. The summed E-state index contributed by atoms with van der Waals surface area (Å²) in [5.41, 5.74) is 5.87. The van der Waals surface area contributed by atoms with Gasteiger partial charge in [-0.25, -0.2) is 0 Å². The molecule has 0 spiro atoms. The van der Waals surface area contributed by atoms with Crippen LogP contribution in [0.4, 0.5) is 14.5 Å². The smallest absolute Gasteiger partial charge is 0.387 e. The van der Waals surface area contributed by atoms with E-state index < -0.39 is 11.5 Å². The van der Waals surface area contributed by atoms with Gasteiger partial charge in [-0.15, -0.1) is 0 Å². The van der Waals surface area contributed by atoms with Crippen molar-refractivity contribution >= 4 is 5.69 Å². The largest absolute Gasteiger partial charge is 0.493 e. The Kier molecular flexibility index (Phi) is 5.55. The SMILES string of the molecule is COc1cc(CN2CCC(C)(CN)C2)c([N+](=O)[O-])cc1OC(F)F. The number of hydrogen-bond donors (Lipinski definition) is 1. The molecule has 1 atom stereocenters. The first kappa shape index (κ1) is 18.3. The van der Waals surface area contributed by atoms with Gasteiger partial charge in [-0.2, -0.15) is 8.78 Å². The highest BCUT2D eigenvalue weighted by atomic mass is 19.3. The summed E-state index contributed by atoms with van der Waals surface area (Å²) in [5, 5.41) is 11.3. The van der Waals surface area contributed by atoms with E-state index in [-0.39, 0.29) is 22.6 Å². The standard InChI is InChI=1S/C15H21F2N3O4/c1-15(8-18)3-4-19(9-15)7-10-5-12(23-2)13(24-14(16)17)6-11(10)20(21)22/h5-6,14H,3-4,7-9,18H2,1-2H3. The van der Waals surface area contributed by atoms with Crippen LogP contribution in [0, 0.1) is 15.5 Å². The lowest BCUT2D eigenvalue weighted by Crippen LogP contribution is -2.31. The maximum absolute atomic E-state index is 12.5. The molecule has 2 N–H and O–H groups in total. The van der Waals surface area contributed by atoms with E-state index >= 15 is 0 Å². The monoisotopic (exact) mass is 345 g/mol. The topological polar surface area (TPSA) is 90.9 Å². The van der Waals surface area contributed by atoms with Crippen molar-refractivity contribution in [3.63, 3.8) is 0 Å². The molecule has 1 aromatic carbocycles. The summed E-state index contributed by atoms with van der Waals surface area (Å²) in [7, 11) is 1.30. The fourth-order valence-corrected chi connectivity index (χ4v) is 2.90. The number of halogens is 2. The highest BCUT2D eigenvalue weighted by Gasteiger charge is 2.33. The van der Waals surface area contributed by atoms with Crippen LogP contribution in [-0.2, 0) is 6.54 Å². The van der Waals surface area contributed by atoms with Crippen molar-refractivity contribution in [1.29, 1.82) is 0 Å². The van der Waals surface area contributed by atoms with Crippen LogP contribution >= 0.6 is 0 Å². The van der Waals surface area contributed by atoms with Crippen LogP contribution in [0.1, 0.15) is 18.9 Å².